The zero-order valence-electron chi connectivity index (χ0n) is 7.36. The van der Waals surface area contributed by atoms with Gasteiger partial charge in [-0.25, -0.2) is 0 Å². The third-order valence-corrected chi connectivity index (χ3v) is 2.67. The lowest BCUT2D eigenvalue weighted by molar-refractivity contribution is -0.128. The van der Waals surface area contributed by atoms with E-state index >= 15 is 0 Å². The van der Waals surface area contributed by atoms with Crippen LogP contribution in [0, 0.1) is 0 Å². The van der Waals surface area contributed by atoms with Gasteiger partial charge >= 0.3 is 0 Å². The second kappa shape index (κ2) is 2.92. The van der Waals surface area contributed by atoms with Crippen LogP contribution in [0.15, 0.2) is 24.4 Å². The van der Waals surface area contributed by atoms with Crippen LogP contribution in [0.25, 0.3) is 0 Å². The second-order valence-corrected chi connectivity index (χ2v) is 3.59. The van der Waals surface area contributed by atoms with Crippen molar-refractivity contribution in [3.8, 4) is 0 Å². The first kappa shape index (κ1) is 8.38. The second-order valence-electron chi connectivity index (χ2n) is 3.59. The smallest absolute Gasteiger partial charge is 0.134 e. The Morgan fingerprint density at radius 3 is 2.69 bits per heavy atom. The van der Waals surface area contributed by atoms with E-state index in [9.17, 15) is 4.79 Å². The van der Waals surface area contributed by atoms with Crippen molar-refractivity contribution in [2.24, 2.45) is 5.73 Å². The molecule has 3 heteroatoms. The summed E-state index contributed by atoms with van der Waals surface area (Å²) in [5.41, 5.74) is 6.47. The van der Waals surface area contributed by atoms with E-state index < -0.39 is 0 Å². The van der Waals surface area contributed by atoms with Gasteiger partial charge in [0.15, 0.2) is 0 Å². The molecule has 1 aliphatic rings. The minimum Gasteiger partial charge on any atom is -0.329 e. The highest BCUT2D eigenvalue weighted by atomic mass is 16.1. The molecule has 3 nitrogen and oxygen atoms in total. The van der Waals surface area contributed by atoms with Crippen molar-refractivity contribution >= 4 is 5.78 Å². The number of hydrogen-bond acceptors (Lipinski definition) is 3. The maximum atomic E-state index is 11.0. The van der Waals surface area contributed by atoms with Gasteiger partial charge in [-0.15, -0.1) is 0 Å². The number of ketones is 1. The van der Waals surface area contributed by atoms with Crippen molar-refractivity contribution in [2.75, 3.05) is 6.54 Å². The lowest BCUT2D eigenvalue weighted by Gasteiger charge is -2.38. The highest BCUT2D eigenvalue weighted by Gasteiger charge is 2.44. The van der Waals surface area contributed by atoms with Crippen LogP contribution >= 0.6 is 0 Å². The van der Waals surface area contributed by atoms with Crippen LogP contribution in [-0.4, -0.2) is 17.3 Å². The quantitative estimate of drug-likeness (QED) is 0.719. The molecule has 0 amide bonds. The first-order chi connectivity index (χ1) is 6.27. The molecule has 1 aromatic heterocycles. The van der Waals surface area contributed by atoms with E-state index in [1.54, 1.807) is 6.20 Å². The van der Waals surface area contributed by atoms with E-state index in [2.05, 4.69) is 4.98 Å². The van der Waals surface area contributed by atoms with E-state index in [-0.39, 0.29) is 11.2 Å². The van der Waals surface area contributed by atoms with Crippen molar-refractivity contribution in [3.05, 3.63) is 30.1 Å². The predicted octanol–water partition coefficient (Wildman–Crippen LogP) is 0.641. The summed E-state index contributed by atoms with van der Waals surface area (Å²) in [6.07, 6.45) is 2.86. The molecule has 0 radical (unpaired) electrons. The lowest BCUT2D eigenvalue weighted by Crippen LogP contribution is -2.48. The molecule has 1 aromatic rings. The molecule has 2 rings (SSSR count). The van der Waals surface area contributed by atoms with Gasteiger partial charge in [0.05, 0.1) is 0 Å². The Hall–Kier alpha value is -1.22. The third kappa shape index (κ3) is 1.25. The maximum absolute atomic E-state index is 11.0. The third-order valence-electron chi connectivity index (χ3n) is 2.67. The Kier molecular flexibility index (Phi) is 1.88. The summed E-state index contributed by atoms with van der Waals surface area (Å²) in [5.74, 6) is 0.288. The summed E-state index contributed by atoms with van der Waals surface area (Å²) in [6.45, 7) is 0.510. The topological polar surface area (TPSA) is 56.0 Å². The number of hydrogen-bond donors (Lipinski definition) is 1. The summed E-state index contributed by atoms with van der Waals surface area (Å²) in [7, 11) is 0. The van der Waals surface area contributed by atoms with E-state index in [0.717, 1.165) is 5.69 Å². The van der Waals surface area contributed by atoms with Crippen molar-refractivity contribution in [2.45, 2.75) is 18.3 Å². The molecule has 0 spiro atoms. The molecule has 13 heavy (non-hydrogen) atoms. The van der Waals surface area contributed by atoms with Gasteiger partial charge in [0.2, 0.25) is 0 Å². The van der Waals surface area contributed by atoms with Crippen LogP contribution < -0.4 is 5.73 Å². The Bertz CT molecular complexity index is 313. The average Bonchev–Trinajstić information content (AvgIpc) is 2.14. The van der Waals surface area contributed by atoms with Crippen LogP contribution in [0.5, 0.6) is 0 Å². The molecule has 0 unspecified atom stereocenters. The first-order valence-corrected chi connectivity index (χ1v) is 4.40. The van der Waals surface area contributed by atoms with Crippen molar-refractivity contribution in [1.82, 2.24) is 4.98 Å². The van der Waals surface area contributed by atoms with Gasteiger partial charge < -0.3 is 5.73 Å². The van der Waals surface area contributed by atoms with Crippen molar-refractivity contribution < 1.29 is 4.79 Å². The Labute approximate surface area is 77.0 Å². The van der Waals surface area contributed by atoms with Crippen LogP contribution in [0.4, 0.5) is 0 Å². The summed E-state index contributed by atoms with van der Waals surface area (Å²) in [5, 5.41) is 0. The fourth-order valence-corrected chi connectivity index (χ4v) is 1.81. The SMILES string of the molecule is NCC1(c2ccccn2)CC(=O)C1. The standard InChI is InChI=1S/C10H12N2O/c11-7-10(5-8(13)6-10)9-3-1-2-4-12-9/h1-4H,5-7,11H2. The minimum absolute atomic E-state index is 0.154. The molecule has 1 saturated carbocycles. The van der Waals surface area contributed by atoms with E-state index in [4.69, 9.17) is 5.73 Å². The normalized spacial score (nSPS) is 19.6. The number of rotatable bonds is 2. The number of Topliss-reactive ketones (excluding diaryl/α,β-unsaturated/α-hetero) is 1. The number of carbonyl (C=O) groups is 1. The monoisotopic (exact) mass is 176 g/mol. The Morgan fingerprint density at radius 2 is 2.23 bits per heavy atom. The Morgan fingerprint density at radius 1 is 1.46 bits per heavy atom. The maximum Gasteiger partial charge on any atom is 0.134 e. The number of nitrogens with zero attached hydrogens (tertiary/aromatic N) is 1. The zero-order chi connectivity index (χ0) is 9.31. The summed E-state index contributed by atoms with van der Waals surface area (Å²) in [4.78, 5) is 15.2. The summed E-state index contributed by atoms with van der Waals surface area (Å²) >= 11 is 0. The van der Waals surface area contributed by atoms with E-state index in [1.165, 1.54) is 0 Å². The van der Waals surface area contributed by atoms with E-state index in [1.807, 2.05) is 18.2 Å². The summed E-state index contributed by atoms with van der Waals surface area (Å²) in [6, 6.07) is 5.75. The van der Waals surface area contributed by atoms with Gasteiger partial charge in [-0.1, -0.05) is 6.07 Å². The number of nitrogens with two attached hydrogens (primary N) is 1. The first-order valence-electron chi connectivity index (χ1n) is 4.40. The van der Waals surface area contributed by atoms with Crippen LogP contribution in [0.3, 0.4) is 0 Å². The van der Waals surface area contributed by atoms with Crippen LogP contribution in [-0.2, 0) is 10.2 Å². The number of pyridine rings is 1. The van der Waals surface area contributed by atoms with Crippen molar-refractivity contribution in [3.63, 3.8) is 0 Å². The zero-order valence-corrected chi connectivity index (χ0v) is 7.36. The summed E-state index contributed by atoms with van der Waals surface area (Å²) < 4.78 is 0. The van der Waals surface area contributed by atoms with Crippen molar-refractivity contribution in [1.29, 1.82) is 0 Å². The number of aromatic nitrogens is 1. The highest BCUT2D eigenvalue weighted by Crippen LogP contribution is 2.38. The van der Waals surface area contributed by atoms with Crippen LogP contribution in [0.1, 0.15) is 18.5 Å². The molecular weight excluding hydrogens is 164 g/mol. The fourth-order valence-electron chi connectivity index (χ4n) is 1.81. The average molecular weight is 176 g/mol. The van der Waals surface area contributed by atoms with Gasteiger partial charge in [0.25, 0.3) is 0 Å². The molecule has 1 heterocycles. The molecule has 1 fully saturated rings. The highest BCUT2D eigenvalue weighted by molar-refractivity contribution is 5.88. The lowest BCUT2D eigenvalue weighted by atomic mass is 9.65. The van der Waals surface area contributed by atoms with Gasteiger partial charge in [0, 0.05) is 36.7 Å². The largest absolute Gasteiger partial charge is 0.329 e. The molecule has 0 aliphatic heterocycles. The minimum atomic E-state index is -0.154. The molecule has 0 atom stereocenters. The fraction of sp³-hybridized carbons (Fsp3) is 0.400. The van der Waals surface area contributed by atoms with Gasteiger partial charge in [-0.2, -0.15) is 0 Å². The predicted molar refractivity (Wildman–Crippen MR) is 49.2 cm³/mol. The molecule has 0 aromatic carbocycles. The van der Waals surface area contributed by atoms with Gasteiger partial charge in [0.1, 0.15) is 5.78 Å². The molecular formula is C10H12N2O. The molecule has 0 saturated heterocycles. The molecule has 2 N–H and O–H groups in total. The molecule has 1 aliphatic carbocycles. The van der Waals surface area contributed by atoms with Gasteiger partial charge in [-0.3, -0.25) is 9.78 Å². The molecule has 0 bridgehead atoms. The van der Waals surface area contributed by atoms with E-state index in [0.29, 0.717) is 19.4 Å². The number of carbonyl (C=O) groups excluding carboxylic acids is 1. The van der Waals surface area contributed by atoms with Gasteiger partial charge in [-0.05, 0) is 12.1 Å². The molecule has 68 valence electrons. The van der Waals surface area contributed by atoms with Crippen LogP contribution in [0.2, 0.25) is 0 Å². The Balaban J connectivity index is 2.29.